The van der Waals surface area contributed by atoms with Crippen LogP contribution >= 0.6 is 23.5 Å². The van der Waals surface area contributed by atoms with Gasteiger partial charge in [-0.25, -0.2) is 0 Å². The Morgan fingerprint density at radius 3 is 1.07 bits per heavy atom. The Labute approximate surface area is 432 Å². The Morgan fingerprint density at radius 2 is 0.729 bits per heavy atom. The molecule has 0 spiro atoms. The van der Waals surface area contributed by atoms with E-state index in [1.807, 2.05) is 84.2 Å². The van der Waals surface area contributed by atoms with Gasteiger partial charge in [-0.05, 0) is 106 Å². The summed E-state index contributed by atoms with van der Waals surface area (Å²) in [5.74, 6) is 3.34. The number of hydrogen-bond donors (Lipinski definition) is 0. The van der Waals surface area contributed by atoms with E-state index >= 15 is 0 Å². The molecule has 0 radical (unpaired) electrons. The molecule has 6 aromatic carbocycles. The first-order chi connectivity index (χ1) is 32.7. The van der Waals surface area contributed by atoms with E-state index in [0.29, 0.717) is 6.61 Å². The fourth-order valence-corrected chi connectivity index (χ4v) is 16.2. The molecule has 0 aliphatic carbocycles. The predicted octanol–water partition coefficient (Wildman–Crippen LogP) is 16.3. The summed E-state index contributed by atoms with van der Waals surface area (Å²) in [6.07, 6.45) is 0.777. The van der Waals surface area contributed by atoms with Crippen molar-refractivity contribution in [3.8, 4) is 23.0 Å². The number of thioether (sulfide) groups is 2. The predicted molar refractivity (Wildman–Crippen MR) is 301 cm³/mol. The molecule has 374 valence electrons. The largest absolute Gasteiger partial charge is 0.458 e. The summed E-state index contributed by atoms with van der Waals surface area (Å²) in [7, 11) is -2.77. The fraction of sp³-hybridized carbons (Fsp3) is 0.419. The van der Waals surface area contributed by atoms with E-state index in [-0.39, 0.29) is 44.4 Å². The standard InChI is InChI=1S/C62H80O5S2Si/c1-57(2,3)51-39-47(40-52(58(4,5)6)55(51)65-43-63-45-29-21-17-22-30-45)68-62(15,16)69-48-41-53(59(7,8)9)56(66-44-64-46-31-23-18-24-32-46)54(42-48)61(13,14)37-38-67-70(60(10,11)12,49-33-25-19-26-34-49)50-35-27-20-28-36-50/h17-36,39-42H,37-38,43-44H2,1-16H3. The average molecular weight is 998 g/mol. The van der Waals surface area contributed by atoms with Gasteiger partial charge in [0.25, 0.3) is 8.32 Å². The first-order valence-corrected chi connectivity index (χ1v) is 28.4. The lowest BCUT2D eigenvalue weighted by atomic mass is 9.77. The fourth-order valence-electron chi connectivity index (χ4n) is 9.10. The summed E-state index contributed by atoms with van der Waals surface area (Å²) in [5.41, 5.74) is 3.67. The van der Waals surface area contributed by atoms with Gasteiger partial charge in [0.05, 0.1) is 4.08 Å². The van der Waals surface area contributed by atoms with Crippen LogP contribution in [0.1, 0.15) is 139 Å². The number of para-hydroxylation sites is 2. The highest BCUT2D eigenvalue weighted by atomic mass is 32.2. The lowest BCUT2D eigenvalue weighted by molar-refractivity contribution is 0.114. The van der Waals surface area contributed by atoms with Crippen LogP contribution in [-0.4, -0.2) is 32.6 Å². The van der Waals surface area contributed by atoms with Crippen molar-refractivity contribution in [2.45, 2.75) is 158 Å². The van der Waals surface area contributed by atoms with Crippen LogP contribution in [-0.2, 0) is 26.1 Å². The molecule has 0 amide bonds. The molecule has 0 unspecified atom stereocenters. The molecule has 0 heterocycles. The van der Waals surface area contributed by atoms with Gasteiger partial charge in [0.1, 0.15) is 23.0 Å². The van der Waals surface area contributed by atoms with E-state index in [1.54, 1.807) is 0 Å². The Hall–Kier alpha value is -4.60. The van der Waals surface area contributed by atoms with Gasteiger partial charge in [0.2, 0.25) is 13.6 Å². The summed E-state index contributed by atoms with van der Waals surface area (Å²) in [5, 5.41) is 2.43. The summed E-state index contributed by atoms with van der Waals surface area (Å²) in [4.78, 5) is 2.40. The van der Waals surface area contributed by atoms with E-state index in [1.165, 1.54) is 31.3 Å². The quantitative estimate of drug-likeness (QED) is 0.0455. The van der Waals surface area contributed by atoms with Gasteiger partial charge < -0.3 is 23.4 Å². The van der Waals surface area contributed by atoms with Crippen molar-refractivity contribution in [3.63, 3.8) is 0 Å². The van der Waals surface area contributed by atoms with Crippen molar-refractivity contribution < 1.29 is 23.4 Å². The molecule has 0 aliphatic heterocycles. The second kappa shape index (κ2) is 22.0. The highest BCUT2D eigenvalue weighted by Crippen LogP contribution is 2.52. The molecule has 0 aromatic heterocycles. The number of hydrogen-bond acceptors (Lipinski definition) is 7. The third kappa shape index (κ3) is 13.7. The van der Waals surface area contributed by atoms with E-state index in [0.717, 1.165) is 40.5 Å². The monoisotopic (exact) mass is 997 g/mol. The van der Waals surface area contributed by atoms with E-state index < -0.39 is 8.32 Å². The second-order valence-electron chi connectivity index (χ2n) is 23.6. The Morgan fingerprint density at radius 1 is 0.400 bits per heavy atom. The molecule has 6 aromatic rings. The van der Waals surface area contributed by atoms with Crippen LogP contribution in [0.5, 0.6) is 23.0 Å². The van der Waals surface area contributed by atoms with Crippen LogP contribution in [0.25, 0.3) is 0 Å². The van der Waals surface area contributed by atoms with Crippen molar-refractivity contribution in [1.82, 2.24) is 0 Å². The lowest BCUT2D eigenvalue weighted by Gasteiger charge is -2.43. The molecule has 0 aliphatic rings. The molecular weight excluding hydrogens is 917 g/mol. The van der Waals surface area contributed by atoms with Gasteiger partial charge in [-0.1, -0.05) is 194 Å². The van der Waals surface area contributed by atoms with Gasteiger partial charge in [0, 0.05) is 38.7 Å². The van der Waals surface area contributed by atoms with Gasteiger partial charge in [-0.3, -0.25) is 0 Å². The molecule has 6 rings (SSSR count). The topological polar surface area (TPSA) is 46.2 Å². The number of ether oxygens (including phenoxy) is 4. The molecule has 0 N–H and O–H groups in total. The maximum Gasteiger partial charge on any atom is 0.261 e. The molecule has 8 heteroatoms. The Balaban J connectivity index is 1.38. The van der Waals surface area contributed by atoms with Crippen molar-refractivity contribution >= 4 is 42.2 Å². The highest BCUT2D eigenvalue weighted by molar-refractivity contribution is 8.18. The van der Waals surface area contributed by atoms with Crippen molar-refractivity contribution in [1.29, 1.82) is 0 Å². The summed E-state index contributed by atoms with van der Waals surface area (Å²) in [6, 6.07) is 51.0. The molecule has 70 heavy (non-hydrogen) atoms. The maximum absolute atomic E-state index is 7.54. The van der Waals surface area contributed by atoms with Crippen LogP contribution in [0.2, 0.25) is 5.04 Å². The highest BCUT2D eigenvalue weighted by Gasteiger charge is 2.50. The molecule has 0 atom stereocenters. The Bertz CT molecular complexity index is 2530. The molecule has 0 bridgehead atoms. The molecule has 0 fully saturated rings. The normalized spacial score (nSPS) is 13.0. The van der Waals surface area contributed by atoms with Crippen LogP contribution in [0.15, 0.2) is 155 Å². The molecular formula is C62H80O5S2Si. The van der Waals surface area contributed by atoms with Crippen LogP contribution in [0.3, 0.4) is 0 Å². The zero-order valence-corrected chi connectivity index (χ0v) is 47.7. The minimum Gasteiger partial charge on any atom is -0.458 e. The molecule has 0 saturated heterocycles. The van der Waals surface area contributed by atoms with E-state index in [4.69, 9.17) is 23.4 Å². The number of benzene rings is 6. The lowest BCUT2D eigenvalue weighted by Crippen LogP contribution is -2.66. The summed E-state index contributed by atoms with van der Waals surface area (Å²) in [6.45, 7) is 37.6. The first-order valence-electron chi connectivity index (χ1n) is 24.8. The zero-order valence-electron chi connectivity index (χ0n) is 45.0. The third-order valence-electron chi connectivity index (χ3n) is 12.8. The number of rotatable bonds is 19. The smallest absolute Gasteiger partial charge is 0.261 e. The minimum absolute atomic E-state index is 0.0902. The SMILES string of the molecule is CC(C)(Sc1cc(C(C)(C)C)c(OCOc2ccccc2)c(C(C)(C)C)c1)Sc1cc(C(C)(C)C)c(OCOc2ccccc2)c(C(C)(C)CCO[Si](c2ccccc2)(c2ccccc2)C(C)(C)C)c1. The van der Waals surface area contributed by atoms with Crippen molar-refractivity contribution in [3.05, 3.63) is 168 Å². The maximum atomic E-state index is 7.54. The van der Waals surface area contributed by atoms with Crippen LogP contribution < -0.4 is 29.3 Å². The van der Waals surface area contributed by atoms with Crippen LogP contribution in [0.4, 0.5) is 0 Å². The van der Waals surface area contributed by atoms with Crippen molar-refractivity contribution in [2.24, 2.45) is 0 Å². The molecule has 5 nitrogen and oxygen atoms in total. The van der Waals surface area contributed by atoms with E-state index in [9.17, 15) is 0 Å². The average Bonchev–Trinajstić information content (AvgIpc) is 3.28. The Kier molecular flexibility index (Phi) is 17.2. The summed E-state index contributed by atoms with van der Waals surface area (Å²) >= 11 is 3.80. The second-order valence-corrected chi connectivity index (χ2v) is 31.6. The first kappa shape index (κ1) is 54.7. The van der Waals surface area contributed by atoms with Crippen LogP contribution in [0, 0.1) is 0 Å². The van der Waals surface area contributed by atoms with Gasteiger partial charge in [-0.2, -0.15) is 0 Å². The van der Waals surface area contributed by atoms with Crippen molar-refractivity contribution in [2.75, 3.05) is 20.2 Å². The van der Waals surface area contributed by atoms with Gasteiger partial charge >= 0.3 is 0 Å². The minimum atomic E-state index is -2.77. The third-order valence-corrected chi connectivity index (χ3v) is 20.3. The molecule has 0 saturated carbocycles. The zero-order chi connectivity index (χ0) is 51.2. The van der Waals surface area contributed by atoms with Gasteiger partial charge in [-0.15, -0.1) is 23.5 Å². The summed E-state index contributed by atoms with van der Waals surface area (Å²) < 4.78 is 33.1. The van der Waals surface area contributed by atoms with E-state index in [2.05, 4.69) is 196 Å². The van der Waals surface area contributed by atoms with Gasteiger partial charge in [0.15, 0.2) is 0 Å².